The van der Waals surface area contributed by atoms with Crippen molar-refractivity contribution in [1.29, 1.82) is 0 Å². The molecule has 15 unspecified atom stereocenters. The number of hydrogen-bond acceptors (Lipinski definition) is 20. The van der Waals surface area contributed by atoms with E-state index in [1.165, 1.54) is 0 Å². The number of nitrogens with one attached hydrogen (secondary N) is 6. The Morgan fingerprint density at radius 2 is 0.770 bits per heavy atom. The van der Waals surface area contributed by atoms with Crippen molar-refractivity contribution in [2.75, 3.05) is 13.1 Å². The molecule has 6 amide bonds. The van der Waals surface area contributed by atoms with Gasteiger partial charge in [-0.3, -0.25) is 4.79 Å². The van der Waals surface area contributed by atoms with Gasteiger partial charge in [-0.05, 0) is 110 Å². The monoisotopic (exact) mass is 1070 g/mol. The Balaban J connectivity index is 2.23. The molecule has 2 aliphatic heterocycles. The van der Waals surface area contributed by atoms with Gasteiger partial charge >= 0.3 is 30.5 Å². The molecule has 0 spiro atoms. The Morgan fingerprint density at radius 3 is 1.19 bits per heavy atom. The number of hydrogen-bond donors (Lipinski definition) is 11. The smallest absolute Gasteiger partial charge is 0.408 e. The highest BCUT2D eigenvalue weighted by molar-refractivity contribution is 5.81. The van der Waals surface area contributed by atoms with Gasteiger partial charge in [0.1, 0.15) is 89.0 Å². The maximum atomic E-state index is 13.6. The number of ether oxygens (including phenoxy) is 9. The van der Waals surface area contributed by atoms with Crippen molar-refractivity contribution in [2.45, 2.75) is 251 Å². The molecule has 3 rings (SSSR count). The van der Waals surface area contributed by atoms with Crippen LogP contribution in [0, 0.1) is 5.41 Å². The van der Waals surface area contributed by atoms with E-state index in [0.29, 0.717) is 0 Å². The largest absolute Gasteiger partial charge is 0.444 e. The van der Waals surface area contributed by atoms with Gasteiger partial charge in [0, 0.05) is 18.5 Å². The summed E-state index contributed by atoms with van der Waals surface area (Å²) in [5.74, 6) is -0.453. The van der Waals surface area contributed by atoms with Crippen LogP contribution in [0.5, 0.6) is 0 Å². The predicted octanol–water partition coefficient (Wildman–Crippen LogP) is 1.68. The van der Waals surface area contributed by atoms with Gasteiger partial charge in [-0.2, -0.15) is 0 Å². The van der Waals surface area contributed by atoms with E-state index in [0.717, 1.165) is 0 Å². The van der Waals surface area contributed by atoms with E-state index < -0.39 is 174 Å². The number of alkyl carbamates (subject to hydrolysis) is 5. The molecular weight excluding hydrogens is 981 g/mol. The molecule has 428 valence electrons. The summed E-state index contributed by atoms with van der Waals surface area (Å²) in [4.78, 5) is 79.5. The van der Waals surface area contributed by atoms with Crippen LogP contribution in [-0.4, -0.2) is 195 Å². The summed E-state index contributed by atoms with van der Waals surface area (Å²) in [6, 6.07) is -6.15. The molecule has 3 aliphatic rings. The second-order valence-electron chi connectivity index (χ2n) is 24.7. The second-order valence-corrected chi connectivity index (χ2v) is 24.7. The van der Waals surface area contributed by atoms with Gasteiger partial charge in [0.2, 0.25) is 5.91 Å². The van der Waals surface area contributed by atoms with Gasteiger partial charge in [0.05, 0.1) is 18.1 Å². The minimum absolute atomic E-state index is 0.389. The normalized spacial score (nSPS) is 31.1. The third-order valence-corrected chi connectivity index (χ3v) is 10.7. The van der Waals surface area contributed by atoms with E-state index in [-0.39, 0.29) is 6.54 Å². The summed E-state index contributed by atoms with van der Waals surface area (Å²) in [6.07, 6.45) is -25.3. The third kappa shape index (κ3) is 20.5. The molecule has 1 aliphatic carbocycles. The standard InChI is InChI=1S/C48H86N6O20/c1-43(2,3)37(60)49-20-24-28(55)26(53-41(64)73-47(13,14)15)31(58)36(67-24)69-34-23(52-40(63)72-46(10,11)12)19-22(51-39(62)71-45(7,8)9)33(32(34)59)68-35-27(54-42(65)74-48(16,17)18)30(57)29(56)25(66-35)21-50-38(61)70-44(4,5)6/h22-36,55-59H,19-21H2,1-18H3,(H,49,60)(H,50,61)(H,51,62)(H,52,63)(H,53,64)(H,54,65). The highest BCUT2D eigenvalue weighted by Crippen LogP contribution is 2.34. The first kappa shape index (κ1) is 63.8. The van der Waals surface area contributed by atoms with Gasteiger partial charge in [-0.25, -0.2) is 24.0 Å². The van der Waals surface area contributed by atoms with Crippen LogP contribution in [0.1, 0.15) is 131 Å². The average molecular weight is 1070 g/mol. The van der Waals surface area contributed by atoms with Crippen molar-refractivity contribution in [3.05, 3.63) is 0 Å². The topological polar surface area (TPSA) is 359 Å². The van der Waals surface area contributed by atoms with Crippen LogP contribution in [0.3, 0.4) is 0 Å². The number of amides is 6. The number of aliphatic hydroxyl groups excluding tert-OH is 5. The molecule has 26 nitrogen and oxygen atoms in total. The van der Waals surface area contributed by atoms with Crippen molar-refractivity contribution >= 4 is 36.4 Å². The van der Waals surface area contributed by atoms with Crippen LogP contribution >= 0.6 is 0 Å². The first-order chi connectivity index (χ1) is 33.4. The summed E-state index contributed by atoms with van der Waals surface area (Å²) < 4.78 is 52.5. The minimum atomic E-state index is -2.07. The van der Waals surface area contributed by atoms with Crippen molar-refractivity contribution in [2.24, 2.45) is 5.41 Å². The Labute approximate surface area is 433 Å². The lowest BCUT2D eigenvalue weighted by Gasteiger charge is -2.50. The maximum Gasteiger partial charge on any atom is 0.408 e. The SMILES string of the molecule is CC(C)(C)OC(=O)NCC1OC(OC2C(NC(=O)OC(C)(C)C)CC(NC(=O)OC(C)(C)C)C(OC3OC(CNC(=O)C(C)(C)C)C(O)C(NC(=O)OC(C)(C)C)C3O)C2O)C(NC(=O)OC(C)(C)C)C(O)C1O. The summed E-state index contributed by atoms with van der Waals surface area (Å²) in [5.41, 5.74) is -6.05. The predicted molar refractivity (Wildman–Crippen MR) is 261 cm³/mol. The average Bonchev–Trinajstić information content (AvgIpc) is 3.17. The van der Waals surface area contributed by atoms with E-state index in [4.69, 9.17) is 42.6 Å². The van der Waals surface area contributed by atoms with E-state index >= 15 is 0 Å². The molecule has 3 fully saturated rings. The van der Waals surface area contributed by atoms with Gasteiger partial charge in [0.25, 0.3) is 0 Å². The first-order valence-corrected chi connectivity index (χ1v) is 24.7. The fourth-order valence-electron chi connectivity index (χ4n) is 7.67. The Morgan fingerprint density at radius 1 is 0.419 bits per heavy atom. The molecule has 11 N–H and O–H groups in total. The molecule has 0 aromatic heterocycles. The van der Waals surface area contributed by atoms with Gasteiger partial charge in [0.15, 0.2) is 12.6 Å². The molecular formula is C48H86N6O20. The van der Waals surface area contributed by atoms with Gasteiger partial charge < -0.3 is 100 Å². The molecule has 26 heteroatoms. The molecule has 0 aromatic rings. The molecule has 1 saturated carbocycles. The molecule has 0 aromatic carbocycles. The van der Waals surface area contributed by atoms with Crippen LogP contribution in [0.25, 0.3) is 0 Å². The van der Waals surface area contributed by atoms with Crippen molar-refractivity contribution < 1.29 is 96.9 Å². The molecule has 0 bridgehead atoms. The van der Waals surface area contributed by atoms with Gasteiger partial charge in [-0.1, -0.05) is 20.8 Å². The molecule has 15 atom stereocenters. The summed E-state index contributed by atoms with van der Waals surface area (Å²) >= 11 is 0. The summed E-state index contributed by atoms with van der Waals surface area (Å²) in [5, 5.41) is 74.5. The number of aliphatic hydroxyl groups is 5. The zero-order valence-electron chi connectivity index (χ0n) is 46.1. The third-order valence-electron chi connectivity index (χ3n) is 10.7. The summed E-state index contributed by atoms with van der Waals surface area (Å²) in [6.45, 7) is 27.9. The van der Waals surface area contributed by atoms with E-state index in [1.54, 1.807) is 125 Å². The van der Waals surface area contributed by atoms with E-state index in [9.17, 15) is 54.3 Å². The highest BCUT2D eigenvalue weighted by Gasteiger charge is 2.55. The highest BCUT2D eigenvalue weighted by atomic mass is 16.7. The van der Waals surface area contributed by atoms with Crippen molar-refractivity contribution in [1.82, 2.24) is 31.9 Å². The lowest BCUT2D eigenvalue weighted by Crippen LogP contribution is -2.71. The van der Waals surface area contributed by atoms with Crippen LogP contribution in [0.15, 0.2) is 0 Å². The lowest BCUT2D eigenvalue weighted by atomic mass is 9.83. The number of carbonyl (C=O) groups is 6. The molecule has 0 radical (unpaired) electrons. The second kappa shape index (κ2) is 24.6. The lowest BCUT2D eigenvalue weighted by molar-refractivity contribution is -0.320. The molecule has 2 saturated heterocycles. The fraction of sp³-hybridized carbons (Fsp3) is 0.875. The first-order valence-electron chi connectivity index (χ1n) is 24.7. The maximum absolute atomic E-state index is 13.6. The van der Waals surface area contributed by atoms with Crippen LogP contribution in [-0.2, 0) is 47.4 Å². The van der Waals surface area contributed by atoms with E-state index in [2.05, 4.69) is 31.9 Å². The minimum Gasteiger partial charge on any atom is -0.444 e. The van der Waals surface area contributed by atoms with Crippen LogP contribution in [0.2, 0.25) is 0 Å². The van der Waals surface area contributed by atoms with Gasteiger partial charge in [-0.15, -0.1) is 0 Å². The van der Waals surface area contributed by atoms with Crippen LogP contribution < -0.4 is 31.9 Å². The molecule has 74 heavy (non-hydrogen) atoms. The number of carbonyl (C=O) groups excluding carboxylic acids is 6. The van der Waals surface area contributed by atoms with Crippen LogP contribution in [0.4, 0.5) is 24.0 Å². The van der Waals surface area contributed by atoms with Crippen molar-refractivity contribution in [3.63, 3.8) is 0 Å². The van der Waals surface area contributed by atoms with Crippen molar-refractivity contribution in [3.8, 4) is 0 Å². The quantitative estimate of drug-likeness (QED) is 0.124. The fourth-order valence-corrected chi connectivity index (χ4v) is 7.67. The Hall–Kier alpha value is -4.54. The summed E-state index contributed by atoms with van der Waals surface area (Å²) in [7, 11) is 0. The van der Waals surface area contributed by atoms with E-state index in [1.807, 2.05) is 0 Å². The Bertz CT molecular complexity index is 1920. The molecule has 2 heterocycles. The number of rotatable bonds is 12. The zero-order valence-corrected chi connectivity index (χ0v) is 46.1. The zero-order chi connectivity index (χ0) is 56.9. The Kier molecular flexibility index (Phi) is 21.2.